The number of β-amino-alcohol motifs (C(OH)–C–C–N with tert-alkyl or cyclic N) is 1. The molecule has 6 nitrogen and oxygen atoms in total. The third-order valence-corrected chi connectivity index (χ3v) is 6.62. The SMILES string of the molecule is COc1cc(C(=O)N2CC(C)(O)CC2c2cccc(C(=O)NCC3CC3)c2)ccc1Br. The van der Waals surface area contributed by atoms with E-state index in [1.807, 2.05) is 18.2 Å². The Morgan fingerprint density at radius 2 is 2.00 bits per heavy atom. The fraction of sp³-hybridized carbons (Fsp3) is 0.417. The van der Waals surface area contributed by atoms with Crippen LogP contribution in [0.3, 0.4) is 0 Å². The lowest BCUT2D eigenvalue weighted by atomic mass is 9.96. The number of aliphatic hydroxyl groups is 1. The lowest BCUT2D eigenvalue weighted by Crippen LogP contribution is -2.35. The second-order valence-electron chi connectivity index (χ2n) is 8.78. The number of amides is 2. The van der Waals surface area contributed by atoms with Gasteiger partial charge >= 0.3 is 0 Å². The van der Waals surface area contributed by atoms with Gasteiger partial charge in [0, 0.05) is 24.1 Å². The van der Waals surface area contributed by atoms with E-state index in [4.69, 9.17) is 4.74 Å². The number of rotatable bonds is 6. The molecule has 2 fully saturated rings. The first-order valence-corrected chi connectivity index (χ1v) is 11.3. The molecule has 0 radical (unpaired) electrons. The van der Waals surface area contributed by atoms with E-state index in [-0.39, 0.29) is 24.4 Å². The largest absolute Gasteiger partial charge is 0.496 e. The molecule has 0 aromatic heterocycles. The van der Waals surface area contributed by atoms with Crippen molar-refractivity contribution in [2.45, 2.75) is 37.8 Å². The van der Waals surface area contributed by atoms with Crippen molar-refractivity contribution >= 4 is 27.7 Å². The molecule has 7 heteroatoms. The number of nitrogens with one attached hydrogen (secondary N) is 1. The molecule has 2 atom stereocenters. The van der Waals surface area contributed by atoms with Crippen LogP contribution in [0.5, 0.6) is 5.75 Å². The summed E-state index contributed by atoms with van der Waals surface area (Å²) in [6.45, 7) is 2.66. The number of ether oxygens (including phenoxy) is 1. The molecule has 2 aromatic rings. The molecule has 1 saturated heterocycles. The van der Waals surface area contributed by atoms with Crippen molar-refractivity contribution in [3.63, 3.8) is 0 Å². The summed E-state index contributed by atoms with van der Waals surface area (Å²) in [7, 11) is 1.55. The summed E-state index contributed by atoms with van der Waals surface area (Å²) in [6.07, 6.45) is 2.75. The van der Waals surface area contributed by atoms with E-state index < -0.39 is 5.60 Å². The van der Waals surface area contributed by atoms with Gasteiger partial charge in [0.15, 0.2) is 0 Å². The molecular weight excluding hydrogens is 460 g/mol. The van der Waals surface area contributed by atoms with Gasteiger partial charge in [-0.25, -0.2) is 0 Å². The van der Waals surface area contributed by atoms with Gasteiger partial charge in [-0.05, 0) is 77.5 Å². The molecule has 2 amide bonds. The quantitative estimate of drug-likeness (QED) is 0.647. The average Bonchev–Trinajstić information content (AvgIpc) is 3.53. The fourth-order valence-corrected chi connectivity index (χ4v) is 4.49. The van der Waals surface area contributed by atoms with Crippen molar-refractivity contribution in [1.82, 2.24) is 10.2 Å². The second kappa shape index (κ2) is 8.63. The minimum Gasteiger partial charge on any atom is -0.496 e. The molecule has 4 rings (SSSR count). The van der Waals surface area contributed by atoms with Crippen LogP contribution >= 0.6 is 15.9 Å². The van der Waals surface area contributed by atoms with E-state index in [0.29, 0.717) is 35.8 Å². The van der Waals surface area contributed by atoms with Crippen LogP contribution in [-0.2, 0) is 0 Å². The third kappa shape index (κ3) is 4.93. The van der Waals surface area contributed by atoms with Crippen molar-refractivity contribution < 1.29 is 19.4 Å². The number of benzene rings is 2. The zero-order valence-corrected chi connectivity index (χ0v) is 19.3. The highest BCUT2D eigenvalue weighted by Gasteiger charge is 2.42. The Morgan fingerprint density at radius 3 is 2.71 bits per heavy atom. The monoisotopic (exact) mass is 486 g/mol. The minimum absolute atomic E-state index is 0.103. The number of methoxy groups -OCH3 is 1. The van der Waals surface area contributed by atoms with E-state index >= 15 is 0 Å². The van der Waals surface area contributed by atoms with E-state index in [0.717, 1.165) is 10.0 Å². The molecule has 2 aromatic carbocycles. The lowest BCUT2D eigenvalue weighted by molar-refractivity contribution is 0.0565. The van der Waals surface area contributed by atoms with E-state index in [9.17, 15) is 14.7 Å². The summed E-state index contributed by atoms with van der Waals surface area (Å²) in [5.74, 6) is 0.891. The van der Waals surface area contributed by atoms with Gasteiger partial charge in [0.25, 0.3) is 11.8 Å². The Balaban J connectivity index is 1.59. The maximum absolute atomic E-state index is 13.4. The number of hydrogen-bond acceptors (Lipinski definition) is 4. The normalized spacial score (nSPS) is 23.0. The summed E-state index contributed by atoms with van der Waals surface area (Å²) in [5.41, 5.74) is 0.891. The van der Waals surface area contributed by atoms with Crippen LogP contribution in [0.4, 0.5) is 0 Å². The Bertz CT molecular complexity index is 1000. The van der Waals surface area contributed by atoms with E-state index in [2.05, 4.69) is 21.2 Å². The van der Waals surface area contributed by atoms with Crippen LogP contribution in [-0.4, -0.2) is 47.6 Å². The van der Waals surface area contributed by atoms with Crippen LogP contribution in [0.15, 0.2) is 46.9 Å². The average molecular weight is 487 g/mol. The van der Waals surface area contributed by atoms with Crippen molar-refractivity contribution in [3.05, 3.63) is 63.6 Å². The maximum Gasteiger partial charge on any atom is 0.254 e. The predicted molar refractivity (Wildman–Crippen MR) is 121 cm³/mol. The van der Waals surface area contributed by atoms with Crippen molar-refractivity contribution in [3.8, 4) is 5.75 Å². The topological polar surface area (TPSA) is 78.9 Å². The van der Waals surface area contributed by atoms with Gasteiger partial charge in [-0.15, -0.1) is 0 Å². The summed E-state index contributed by atoms with van der Waals surface area (Å²) < 4.78 is 6.09. The van der Waals surface area contributed by atoms with Crippen LogP contribution in [0, 0.1) is 5.92 Å². The number of hydrogen-bond donors (Lipinski definition) is 2. The lowest BCUT2D eigenvalue weighted by Gasteiger charge is -2.25. The first-order valence-electron chi connectivity index (χ1n) is 10.5. The molecule has 2 N–H and O–H groups in total. The molecule has 2 aliphatic rings. The highest BCUT2D eigenvalue weighted by Crippen LogP contribution is 2.39. The molecule has 1 aliphatic carbocycles. The number of halogens is 1. The Kier molecular flexibility index (Phi) is 6.08. The second-order valence-corrected chi connectivity index (χ2v) is 9.63. The first-order chi connectivity index (χ1) is 14.8. The number of carbonyl (C=O) groups excluding carboxylic acids is 2. The molecule has 0 bridgehead atoms. The first kappa shape index (κ1) is 21.8. The van der Waals surface area contributed by atoms with Crippen LogP contribution in [0.1, 0.15) is 58.5 Å². The summed E-state index contributed by atoms with van der Waals surface area (Å²) >= 11 is 3.41. The summed E-state index contributed by atoms with van der Waals surface area (Å²) in [6, 6.07) is 12.2. The summed E-state index contributed by atoms with van der Waals surface area (Å²) in [4.78, 5) is 27.6. The van der Waals surface area contributed by atoms with Gasteiger partial charge < -0.3 is 20.1 Å². The van der Waals surface area contributed by atoms with Gasteiger partial charge in [-0.2, -0.15) is 0 Å². The summed E-state index contributed by atoms with van der Waals surface area (Å²) in [5, 5.41) is 13.7. The smallest absolute Gasteiger partial charge is 0.254 e. The molecule has 164 valence electrons. The van der Waals surface area contributed by atoms with Crippen molar-refractivity contribution in [2.24, 2.45) is 5.92 Å². The van der Waals surface area contributed by atoms with Gasteiger partial charge in [0.05, 0.1) is 29.8 Å². The fourth-order valence-electron chi connectivity index (χ4n) is 4.09. The van der Waals surface area contributed by atoms with Gasteiger partial charge in [-0.1, -0.05) is 12.1 Å². The zero-order valence-electron chi connectivity index (χ0n) is 17.7. The Morgan fingerprint density at radius 1 is 1.23 bits per heavy atom. The zero-order chi connectivity index (χ0) is 22.2. The molecule has 1 saturated carbocycles. The molecule has 31 heavy (non-hydrogen) atoms. The van der Waals surface area contributed by atoms with E-state index in [1.54, 1.807) is 43.2 Å². The van der Waals surface area contributed by atoms with Crippen molar-refractivity contribution in [1.29, 1.82) is 0 Å². The molecule has 2 unspecified atom stereocenters. The van der Waals surface area contributed by atoms with Crippen LogP contribution in [0.25, 0.3) is 0 Å². The highest BCUT2D eigenvalue weighted by atomic mass is 79.9. The minimum atomic E-state index is -1.01. The standard InChI is InChI=1S/C24H27BrN2O4/c1-24(30)12-20(16-4-3-5-17(10-16)22(28)26-13-15-6-7-15)27(14-24)23(29)18-8-9-19(25)21(11-18)31-2/h3-5,8-11,15,20,30H,6-7,12-14H2,1-2H3,(H,26,28). The van der Waals surface area contributed by atoms with Gasteiger partial charge in [-0.3, -0.25) is 9.59 Å². The third-order valence-electron chi connectivity index (χ3n) is 5.96. The molecule has 0 spiro atoms. The molecule has 1 aliphatic heterocycles. The highest BCUT2D eigenvalue weighted by molar-refractivity contribution is 9.10. The molecule has 1 heterocycles. The molecular formula is C24H27BrN2O4. The predicted octanol–water partition coefficient (Wildman–Crippen LogP) is 3.94. The number of nitrogens with zero attached hydrogens (tertiary/aromatic N) is 1. The van der Waals surface area contributed by atoms with Crippen LogP contribution < -0.4 is 10.1 Å². The van der Waals surface area contributed by atoms with Crippen molar-refractivity contribution in [2.75, 3.05) is 20.2 Å². The van der Waals surface area contributed by atoms with Gasteiger partial charge in [0.1, 0.15) is 5.75 Å². The van der Waals surface area contributed by atoms with Gasteiger partial charge in [0.2, 0.25) is 0 Å². The Labute approximate surface area is 190 Å². The number of likely N-dealkylation sites (tertiary alicyclic amines) is 1. The number of carbonyl (C=O) groups is 2. The van der Waals surface area contributed by atoms with Crippen LogP contribution in [0.2, 0.25) is 0 Å². The maximum atomic E-state index is 13.4. The Hall–Kier alpha value is -2.38. The van der Waals surface area contributed by atoms with E-state index in [1.165, 1.54) is 12.8 Å².